The molecule has 0 spiro atoms. The molecule has 1 heterocycles. The van der Waals surface area contributed by atoms with Gasteiger partial charge < -0.3 is 0 Å². The number of hydrogen-bond donors (Lipinski definition) is 0. The van der Waals surface area contributed by atoms with Gasteiger partial charge in [-0.25, -0.2) is 15.0 Å². The van der Waals surface area contributed by atoms with Gasteiger partial charge in [0.05, 0.1) is 11.6 Å². The monoisotopic (exact) mass is 786 g/mol. The Kier molecular flexibility index (Phi) is 8.19. The molecule has 4 heteroatoms. The van der Waals surface area contributed by atoms with E-state index < -0.39 is 0 Å². The topological polar surface area (TPSA) is 62.5 Å². The molecule has 286 valence electrons. The SMILES string of the molecule is N#Cc1ccc(-c2ccc(-c3ccc4c5c(ccc(-c6cccc7c(-c8nc(-c9ccccc9)nc(-c9ccccc9)n8)c8ccccc8cc67)c35)-c3ccccc3-4)cc2)cc1. The predicted molar refractivity (Wildman–Crippen MR) is 254 cm³/mol. The second-order valence-electron chi connectivity index (χ2n) is 15.8. The highest BCUT2D eigenvalue weighted by molar-refractivity contribution is 6.25. The van der Waals surface area contributed by atoms with Crippen LogP contribution in [0.5, 0.6) is 0 Å². The third kappa shape index (κ3) is 5.72. The highest BCUT2D eigenvalue weighted by atomic mass is 15.0. The first-order valence-electron chi connectivity index (χ1n) is 20.8. The molecule has 4 nitrogen and oxygen atoms in total. The summed E-state index contributed by atoms with van der Waals surface area (Å²) in [6, 6.07) is 74.8. The molecule has 0 aliphatic heterocycles. The van der Waals surface area contributed by atoms with Crippen molar-refractivity contribution in [2.75, 3.05) is 0 Å². The van der Waals surface area contributed by atoms with E-state index in [4.69, 9.17) is 15.0 Å². The van der Waals surface area contributed by atoms with E-state index in [2.05, 4.69) is 152 Å². The van der Waals surface area contributed by atoms with E-state index in [1.807, 2.05) is 60.7 Å². The second-order valence-corrected chi connectivity index (χ2v) is 15.8. The van der Waals surface area contributed by atoms with E-state index in [9.17, 15) is 5.26 Å². The fraction of sp³-hybridized carbons (Fsp3) is 0. The van der Waals surface area contributed by atoms with Crippen molar-refractivity contribution in [1.82, 2.24) is 15.0 Å². The van der Waals surface area contributed by atoms with Crippen LogP contribution in [0.1, 0.15) is 5.56 Å². The quantitative estimate of drug-likeness (QED) is 0.158. The fourth-order valence-corrected chi connectivity index (χ4v) is 9.43. The van der Waals surface area contributed by atoms with E-state index in [1.54, 1.807) is 0 Å². The maximum Gasteiger partial charge on any atom is 0.165 e. The number of nitriles is 1. The molecule has 0 atom stereocenters. The molecule has 11 aromatic rings. The summed E-state index contributed by atoms with van der Waals surface area (Å²) in [4.78, 5) is 15.6. The largest absolute Gasteiger partial charge is 0.208 e. The van der Waals surface area contributed by atoms with Crippen molar-refractivity contribution < 1.29 is 0 Å². The average Bonchev–Trinajstić information content (AvgIpc) is 3.68. The third-order valence-corrected chi connectivity index (χ3v) is 12.3. The summed E-state index contributed by atoms with van der Waals surface area (Å²) in [5.74, 6) is 1.90. The number of hydrogen-bond acceptors (Lipinski definition) is 4. The standard InChI is InChI=1S/C58H34N4/c59-35-36-22-24-37(25-23-36)38-26-28-39(29-27-38)44-30-31-49-45-18-9-10-19-46(45)50-32-33-51(53(44)54(49)50)47-20-11-21-48-52(47)34-42-16-7-8-17-43(42)55(48)58-61-56(40-12-3-1-4-13-40)60-57(62-58)41-14-5-2-6-15-41/h1-34H. The van der Waals surface area contributed by atoms with Crippen molar-refractivity contribution in [3.8, 4) is 95.9 Å². The van der Waals surface area contributed by atoms with Crippen LogP contribution in [0.2, 0.25) is 0 Å². The average molecular weight is 787 g/mol. The zero-order chi connectivity index (χ0) is 41.1. The molecule has 1 aliphatic carbocycles. The van der Waals surface area contributed by atoms with Crippen LogP contribution in [0.3, 0.4) is 0 Å². The highest BCUT2D eigenvalue weighted by Gasteiger charge is 2.26. The molecule has 0 saturated heterocycles. The Morgan fingerprint density at radius 1 is 0.306 bits per heavy atom. The Labute approximate surface area is 358 Å². The van der Waals surface area contributed by atoms with Gasteiger partial charge in [0.2, 0.25) is 0 Å². The molecule has 0 fully saturated rings. The van der Waals surface area contributed by atoms with Crippen LogP contribution in [0.4, 0.5) is 0 Å². The summed E-state index contributed by atoms with van der Waals surface area (Å²) in [6.45, 7) is 0. The van der Waals surface area contributed by atoms with Crippen molar-refractivity contribution in [2.45, 2.75) is 0 Å². The first-order chi connectivity index (χ1) is 30.7. The maximum atomic E-state index is 9.37. The first kappa shape index (κ1) is 35.4. The summed E-state index contributed by atoms with van der Waals surface area (Å²) in [6.07, 6.45) is 0. The molecule has 12 rings (SSSR count). The van der Waals surface area contributed by atoms with E-state index >= 15 is 0 Å². The van der Waals surface area contributed by atoms with Crippen molar-refractivity contribution in [2.24, 2.45) is 0 Å². The minimum atomic E-state index is 0.633. The Bertz CT molecular complexity index is 3520. The van der Waals surface area contributed by atoms with Crippen LogP contribution in [-0.4, -0.2) is 15.0 Å². The molecular weight excluding hydrogens is 753 g/mol. The van der Waals surface area contributed by atoms with E-state index in [0.717, 1.165) is 60.5 Å². The van der Waals surface area contributed by atoms with Crippen LogP contribution >= 0.6 is 0 Å². The molecule has 0 unspecified atom stereocenters. The molecule has 62 heavy (non-hydrogen) atoms. The number of rotatable bonds is 6. The van der Waals surface area contributed by atoms with Crippen LogP contribution in [0.25, 0.3) is 122 Å². The molecule has 0 radical (unpaired) electrons. The Morgan fingerprint density at radius 2 is 0.774 bits per heavy atom. The summed E-state index contributed by atoms with van der Waals surface area (Å²) in [5.41, 5.74) is 15.3. The van der Waals surface area contributed by atoms with E-state index in [-0.39, 0.29) is 0 Å². The summed E-state index contributed by atoms with van der Waals surface area (Å²) < 4.78 is 0. The lowest BCUT2D eigenvalue weighted by molar-refractivity contribution is 1.08. The van der Waals surface area contributed by atoms with Gasteiger partial charge in [0.25, 0.3) is 0 Å². The van der Waals surface area contributed by atoms with Crippen LogP contribution in [-0.2, 0) is 0 Å². The molecule has 0 N–H and O–H groups in total. The van der Waals surface area contributed by atoms with Gasteiger partial charge in [0, 0.05) is 16.7 Å². The smallest absolute Gasteiger partial charge is 0.165 e. The lowest BCUT2D eigenvalue weighted by Gasteiger charge is -2.18. The summed E-state index contributed by atoms with van der Waals surface area (Å²) >= 11 is 0. The minimum Gasteiger partial charge on any atom is -0.208 e. The maximum absolute atomic E-state index is 9.37. The molecule has 10 aromatic carbocycles. The third-order valence-electron chi connectivity index (χ3n) is 12.3. The zero-order valence-corrected chi connectivity index (χ0v) is 33.4. The predicted octanol–water partition coefficient (Wildman–Crippen LogP) is 14.9. The zero-order valence-electron chi connectivity index (χ0n) is 33.4. The van der Waals surface area contributed by atoms with Gasteiger partial charge in [-0.3, -0.25) is 0 Å². The molecule has 0 amide bonds. The van der Waals surface area contributed by atoms with Crippen molar-refractivity contribution in [3.63, 3.8) is 0 Å². The summed E-state index contributed by atoms with van der Waals surface area (Å²) in [5, 5.41) is 16.3. The minimum absolute atomic E-state index is 0.633. The Balaban J connectivity index is 1.12. The van der Waals surface area contributed by atoms with Crippen molar-refractivity contribution in [1.29, 1.82) is 5.26 Å². The molecule has 1 aromatic heterocycles. The lowest BCUT2D eigenvalue weighted by atomic mass is 9.85. The molecule has 0 saturated carbocycles. The number of nitrogens with zero attached hydrogens (tertiary/aromatic N) is 4. The van der Waals surface area contributed by atoms with Gasteiger partial charge in [0.15, 0.2) is 17.5 Å². The van der Waals surface area contributed by atoms with Gasteiger partial charge in [-0.05, 0) is 106 Å². The van der Waals surface area contributed by atoms with Gasteiger partial charge in [-0.1, -0.05) is 188 Å². The fourth-order valence-electron chi connectivity index (χ4n) is 9.43. The van der Waals surface area contributed by atoms with Crippen molar-refractivity contribution in [3.05, 3.63) is 212 Å². The van der Waals surface area contributed by atoms with Crippen LogP contribution in [0, 0.1) is 11.3 Å². The van der Waals surface area contributed by atoms with Gasteiger partial charge >= 0.3 is 0 Å². The molecule has 1 aliphatic rings. The van der Waals surface area contributed by atoms with E-state index in [1.165, 1.54) is 44.2 Å². The highest BCUT2D eigenvalue weighted by Crippen LogP contribution is 2.53. The lowest BCUT2D eigenvalue weighted by Crippen LogP contribution is -2.01. The van der Waals surface area contributed by atoms with Crippen molar-refractivity contribution >= 4 is 32.3 Å². The molecule has 0 bridgehead atoms. The Hall–Kier alpha value is -8.52. The van der Waals surface area contributed by atoms with Gasteiger partial charge in [0.1, 0.15) is 0 Å². The first-order valence-corrected chi connectivity index (χ1v) is 20.8. The van der Waals surface area contributed by atoms with Gasteiger partial charge in [-0.2, -0.15) is 5.26 Å². The Morgan fingerprint density at radius 3 is 1.40 bits per heavy atom. The van der Waals surface area contributed by atoms with Gasteiger partial charge in [-0.15, -0.1) is 0 Å². The normalized spacial score (nSPS) is 11.5. The summed E-state index contributed by atoms with van der Waals surface area (Å²) in [7, 11) is 0. The number of fused-ring (bicyclic) bond motifs is 5. The number of aromatic nitrogens is 3. The van der Waals surface area contributed by atoms with E-state index in [0.29, 0.717) is 23.0 Å². The van der Waals surface area contributed by atoms with Crippen LogP contribution in [0.15, 0.2) is 206 Å². The second kappa shape index (κ2) is 14.3. The van der Waals surface area contributed by atoms with Crippen LogP contribution < -0.4 is 0 Å². The number of benzene rings is 10. The molecular formula is C58H34N4.